The molecule has 7 aliphatic heterocycles. The molecule has 7 heterocycles. The molecule has 0 saturated carbocycles. The topological polar surface area (TPSA) is 826 Å². The summed E-state index contributed by atoms with van der Waals surface area (Å²) >= 11 is 0. The minimum atomic E-state index is -3.33. The van der Waals surface area contributed by atoms with E-state index in [0.29, 0.717) is 0 Å². The van der Waals surface area contributed by atoms with Crippen LogP contribution in [0.4, 0.5) is 0 Å². The lowest BCUT2D eigenvalue weighted by Crippen LogP contribution is -2.71. The van der Waals surface area contributed by atoms with Gasteiger partial charge in [-0.25, -0.2) is 9.59 Å². The monoisotopic (exact) mass is 1660 g/mol. The summed E-state index contributed by atoms with van der Waals surface area (Å²) in [4.78, 5) is 76.7. The first-order valence-electron chi connectivity index (χ1n) is 35.3. The molecule has 0 aromatic carbocycles. The van der Waals surface area contributed by atoms with Crippen molar-refractivity contribution in [2.45, 2.75) is 291 Å². The van der Waals surface area contributed by atoms with Gasteiger partial charge >= 0.3 is 11.9 Å². The molecule has 0 aliphatic carbocycles. The van der Waals surface area contributed by atoms with Crippen molar-refractivity contribution in [3.05, 3.63) is 0 Å². The molecule has 7 rings (SSSR count). The van der Waals surface area contributed by atoms with E-state index in [0.717, 1.165) is 27.7 Å². The third kappa shape index (κ3) is 21.8. The maximum absolute atomic E-state index is 13.3. The lowest BCUT2D eigenvalue weighted by atomic mass is 9.88. The lowest BCUT2D eigenvalue weighted by molar-refractivity contribution is -0.388. The molecule has 51 nitrogen and oxygen atoms in total. The number of hydrogen-bond acceptors (Lipinski definition) is 45. The van der Waals surface area contributed by atoms with Crippen LogP contribution < -0.4 is 21.3 Å². The van der Waals surface area contributed by atoms with Crippen molar-refractivity contribution in [1.29, 1.82) is 0 Å². The average Bonchev–Trinajstić information content (AvgIpc) is 0.762. The Morgan fingerprint density at radius 2 is 0.788 bits per heavy atom. The predicted octanol–water partition coefficient (Wildman–Crippen LogP) is -19.8. The Kier molecular flexibility index (Phi) is 34.9. The average molecular weight is 1660 g/mol. The van der Waals surface area contributed by atoms with Crippen molar-refractivity contribution in [2.75, 3.05) is 59.5 Å². The molecule has 4 amide bonds. The molecular formula is C62H104N4O47. The molecule has 654 valence electrons. The summed E-state index contributed by atoms with van der Waals surface area (Å²) in [5.41, 5.74) is 0. The van der Waals surface area contributed by atoms with Crippen molar-refractivity contribution in [2.24, 2.45) is 0 Å². The third-order valence-electron chi connectivity index (χ3n) is 19.8. The van der Waals surface area contributed by atoms with Gasteiger partial charge in [0.25, 0.3) is 11.6 Å². The summed E-state index contributed by atoms with van der Waals surface area (Å²) in [6, 6.07) is -7.51. The Bertz CT molecular complexity index is 3060. The Morgan fingerprint density at radius 3 is 1.28 bits per heavy atom. The molecule has 7 fully saturated rings. The number of nitrogens with one attached hydrogen (secondary N) is 4. The molecule has 7 aliphatic rings. The number of aliphatic hydroxyl groups is 25. The molecule has 7 saturated heterocycles. The highest BCUT2D eigenvalue weighted by atomic mass is 16.8. The maximum Gasteiger partial charge on any atom is 0.364 e. The normalized spacial score (nSPS) is 42.6. The van der Waals surface area contributed by atoms with Gasteiger partial charge in [-0.3, -0.25) is 19.2 Å². The fraction of sp³-hybridized carbons (Fsp3) is 0.903. The Hall–Kier alpha value is -4.74. The third-order valence-corrected chi connectivity index (χ3v) is 19.8. The van der Waals surface area contributed by atoms with E-state index < -0.39 is 358 Å². The van der Waals surface area contributed by atoms with Crippen LogP contribution in [-0.2, 0) is 95.1 Å². The molecule has 113 heavy (non-hydrogen) atoms. The summed E-state index contributed by atoms with van der Waals surface area (Å²) < 4.78 is 81.4. The molecule has 0 aromatic rings. The number of carbonyl (C=O) groups excluding carboxylic acids is 4. The van der Waals surface area contributed by atoms with Crippen LogP contribution >= 0.6 is 0 Å². The second-order valence-electron chi connectivity index (χ2n) is 28.0. The minimum Gasteiger partial charge on any atom is -0.477 e. The van der Waals surface area contributed by atoms with Gasteiger partial charge in [-0.2, -0.15) is 0 Å². The number of rotatable bonds is 36. The number of carboxylic acid groups (broad SMARTS) is 2. The number of amides is 4. The number of hydrogen-bond donors (Lipinski definition) is 31. The zero-order valence-electron chi connectivity index (χ0n) is 60.5. The highest BCUT2D eigenvalue weighted by Gasteiger charge is 2.63. The molecule has 31 N–H and O–H groups in total. The largest absolute Gasteiger partial charge is 0.477 e. The maximum atomic E-state index is 13.3. The van der Waals surface area contributed by atoms with Gasteiger partial charge < -0.3 is 225 Å². The van der Waals surface area contributed by atoms with Gasteiger partial charge in [-0.1, -0.05) is 0 Å². The lowest BCUT2D eigenvalue weighted by Gasteiger charge is -2.51. The van der Waals surface area contributed by atoms with Crippen LogP contribution in [0.25, 0.3) is 0 Å². The Balaban J connectivity index is 1.17. The van der Waals surface area contributed by atoms with Crippen LogP contribution in [0.2, 0.25) is 0 Å². The number of ether oxygens (including phenoxy) is 14. The van der Waals surface area contributed by atoms with Crippen LogP contribution in [0.3, 0.4) is 0 Å². The van der Waals surface area contributed by atoms with Crippen molar-refractivity contribution >= 4 is 35.6 Å². The fourth-order valence-corrected chi connectivity index (χ4v) is 13.9. The standard InChI is InChI=1S/C62H104N4O47/c1-16(74)63-31-20(78)5-61(59(96)97,111-50(31)36(85)23(81)8-68)101-15-30-38(87)43(92)44(93)56(106-30)108-48-28(13-73)104-54(33(42(48)91)65-18(3)76)100-14-29-41(90)52(45(94)57(105-29)107-47(25(83)10-70)35(84)22(80)7-67)110-55-34(66-19(4)77)49(39(88)26(11-71)102-55)109-58-46(95)53(40(89)27(12-72)103-58)113-62(60(98)99)6-21(79)32(64-17(2)75)51(112-62)37(86)24(82)9-69/h20-58,67-73,78-95H,5-15H2,1-4H3,(H,63,74)(H,64,75)(H,65,76)(H,66,77)(H,96,97)(H,98,99)/t20-,21-,22-,23+,24+,25+,26+,27+,28+,29+,30+,31+,32+,33+,34+,35+,36+,37+,38-,39+,40-,41-,42+,43-,44+,45+,46+,47+,48+,49+,50+,51+,52-,53-,54+,55-,56-,57-,58-,61+,62-/m0/s1. The number of aliphatic carboxylic acids is 2. The zero-order chi connectivity index (χ0) is 84.5. The zero-order valence-corrected chi connectivity index (χ0v) is 60.5. The van der Waals surface area contributed by atoms with E-state index in [-0.39, 0.29) is 0 Å². The molecule has 41 atom stereocenters. The highest BCUT2D eigenvalue weighted by Crippen LogP contribution is 2.42. The number of carboxylic acids is 2. The van der Waals surface area contributed by atoms with Crippen LogP contribution in [0.1, 0.15) is 40.5 Å². The van der Waals surface area contributed by atoms with E-state index in [2.05, 4.69) is 21.3 Å². The highest BCUT2D eigenvalue weighted by molar-refractivity contribution is 5.78. The van der Waals surface area contributed by atoms with Gasteiger partial charge in [-0.15, -0.1) is 0 Å². The first-order chi connectivity index (χ1) is 53.0. The van der Waals surface area contributed by atoms with Crippen molar-refractivity contribution in [1.82, 2.24) is 21.3 Å². The summed E-state index contributed by atoms with van der Waals surface area (Å²) in [5, 5.41) is 304. The van der Waals surface area contributed by atoms with Crippen LogP contribution in [0.15, 0.2) is 0 Å². The van der Waals surface area contributed by atoms with Gasteiger partial charge in [0.2, 0.25) is 23.6 Å². The molecule has 0 radical (unpaired) electrons. The minimum absolute atomic E-state index is 0.837. The summed E-state index contributed by atoms with van der Waals surface area (Å²) in [6.07, 6.45) is -81.1. The van der Waals surface area contributed by atoms with E-state index in [9.17, 15) is 167 Å². The Morgan fingerprint density at radius 1 is 0.389 bits per heavy atom. The molecular weight excluding hydrogens is 1550 g/mol. The fourth-order valence-electron chi connectivity index (χ4n) is 13.9. The van der Waals surface area contributed by atoms with Crippen molar-refractivity contribution in [3.63, 3.8) is 0 Å². The molecule has 0 bridgehead atoms. The summed E-state index contributed by atoms with van der Waals surface area (Å²) in [7, 11) is 0. The Labute approximate surface area is 638 Å². The summed E-state index contributed by atoms with van der Waals surface area (Å²) in [5.74, 6) is -14.4. The molecule has 0 aromatic heterocycles. The number of carbonyl (C=O) groups is 6. The van der Waals surface area contributed by atoms with E-state index in [1.54, 1.807) is 0 Å². The quantitative estimate of drug-likeness (QED) is 0.0277. The van der Waals surface area contributed by atoms with E-state index >= 15 is 0 Å². The van der Waals surface area contributed by atoms with Crippen LogP contribution in [0.5, 0.6) is 0 Å². The van der Waals surface area contributed by atoms with Crippen molar-refractivity contribution < 1.29 is 233 Å². The van der Waals surface area contributed by atoms with Gasteiger partial charge in [0.15, 0.2) is 31.5 Å². The number of aliphatic hydroxyl groups excluding tert-OH is 25. The molecule has 0 unspecified atom stereocenters. The SMILES string of the molecule is CC(=O)N[C@H]1[C@H](OC[C@H]2O[C@@H](O[C@@H]([C@H](O)[C@@H](O)CO)[C@H](O)CO)[C@H](O)[C@@H](O[C@@H]3O[C@H](CO)[C@@H](O)[C@H](O[C@@H]4O[C@H](CO)[C@H](O)[C@H](O[C@]5(C(=O)O)C[C@H](O)[C@@H](NC(C)=O)[C@H]([C@H](O)[C@H](O)CO)O5)[C@H]4O)[C@H]3NC(C)=O)[C@H]2O)O[C@H](CO)[C@@H](O[C@@H]2O[C@H](CO[C@]3(C(=O)O)C[C@H](O)[C@@H](NC(C)=O)[C@H]([C@H](O)[C@H](O)CO)O3)[C@H](O)[C@H](O)[C@H]2O)[C@@H]1O. The van der Waals surface area contributed by atoms with E-state index in [1.165, 1.54) is 0 Å². The smallest absolute Gasteiger partial charge is 0.364 e. The van der Waals surface area contributed by atoms with E-state index in [4.69, 9.17) is 66.3 Å². The first-order valence-corrected chi connectivity index (χ1v) is 35.3. The van der Waals surface area contributed by atoms with Gasteiger partial charge in [0, 0.05) is 40.5 Å². The second kappa shape index (κ2) is 41.3. The molecule has 0 spiro atoms. The van der Waals surface area contributed by atoms with Crippen molar-refractivity contribution in [3.8, 4) is 0 Å². The van der Waals surface area contributed by atoms with E-state index in [1.807, 2.05) is 0 Å². The first kappa shape index (κ1) is 95.4. The van der Waals surface area contributed by atoms with Gasteiger partial charge in [-0.05, 0) is 0 Å². The second-order valence-corrected chi connectivity index (χ2v) is 28.0. The molecule has 51 heteroatoms. The predicted molar refractivity (Wildman–Crippen MR) is 347 cm³/mol. The van der Waals surface area contributed by atoms with Gasteiger partial charge in [0.05, 0.1) is 83.8 Å². The van der Waals surface area contributed by atoms with Crippen LogP contribution in [0, 0.1) is 0 Å². The summed E-state index contributed by atoms with van der Waals surface area (Å²) in [6.45, 7) is -7.38. The van der Waals surface area contributed by atoms with Gasteiger partial charge in [0.1, 0.15) is 183 Å². The van der Waals surface area contributed by atoms with Crippen LogP contribution in [-0.4, -0.2) is 483 Å².